The monoisotopic (exact) mass is 358 g/mol. The number of morpholine rings is 1. The average molecular weight is 358 g/mol. The van der Waals surface area contributed by atoms with Gasteiger partial charge >= 0.3 is 0 Å². The minimum atomic E-state index is -1.02. The number of nitrogens with zero attached hydrogens (tertiary/aromatic N) is 1. The van der Waals surface area contributed by atoms with E-state index in [1.807, 2.05) is 30.5 Å². The Hall–Kier alpha value is -2.68. The zero-order valence-electron chi connectivity index (χ0n) is 14.3. The van der Waals surface area contributed by atoms with Crippen LogP contribution in [-0.4, -0.2) is 65.9 Å². The van der Waals surface area contributed by atoms with Gasteiger partial charge in [-0.1, -0.05) is 18.2 Å². The molecule has 0 saturated carbocycles. The third-order valence-corrected chi connectivity index (χ3v) is 4.13. The molecule has 1 saturated heterocycles. The molecule has 2 amide bonds. The SMILES string of the molecule is O=C(C=Cc1c[nH]c2ccccc12)N[C@@H](CO)C(=O)NN1CCOCC1. The Balaban J connectivity index is 1.57. The fourth-order valence-electron chi connectivity index (χ4n) is 2.72. The number of carbonyl (C=O) groups excluding carboxylic acids is 2. The van der Waals surface area contributed by atoms with Gasteiger partial charge in [0.05, 0.1) is 19.8 Å². The summed E-state index contributed by atoms with van der Waals surface area (Å²) in [5, 5.41) is 14.6. The molecule has 26 heavy (non-hydrogen) atoms. The van der Waals surface area contributed by atoms with Crippen LogP contribution in [0.25, 0.3) is 17.0 Å². The maximum Gasteiger partial charge on any atom is 0.259 e. The maximum absolute atomic E-state index is 12.2. The first-order valence-corrected chi connectivity index (χ1v) is 8.46. The third-order valence-electron chi connectivity index (χ3n) is 4.13. The number of benzene rings is 1. The summed E-state index contributed by atoms with van der Waals surface area (Å²) in [6.45, 7) is 1.72. The second-order valence-electron chi connectivity index (χ2n) is 5.94. The van der Waals surface area contributed by atoms with Crippen molar-refractivity contribution in [3.05, 3.63) is 42.1 Å². The molecule has 2 heterocycles. The number of rotatable bonds is 6. The molecule has 1 fully saturated rings. The minimum Gasteiger partial charge on any atom is -0.394 e. The number of aromatic nitrogens is 1. The van der Waals surface area contributed by atoms with Crippen molar-refractivity contribution < 1.29 is 19.4 Å². The molecule has 0 radical (unpaired) electrons. The molecule has 2 aromatic rings. The lowest BCUT2D eigenvalue weighted by molar-refractivity contribution is -0.133. The van der Waals surface area contributed by atoms with Crippen LogP contribution >= 0.6 is 0 Å². The predicted octanol–water partition coefficient (Wildman–Crippen LogP) is 0.0216. The van der Waals surface area contributed by atoms with Gasteiger partial charge in [-0.05, 0) is 17.7 Å². The van der Waals surface area contributed by atoms with Crippen LogP contribution in [0.4, 0.5) is 0 Å². The molecule has 1 aliphatic rings. The molecule has 0 bridgehead atoms. The number of fused-ring (bicyclic) bond motifs is 1. The molecule has 1 atom stereocenters. The van der Waals surface area contributed by atoms with E-state index in [1.165, 1.54) is 6.08 Å². The summed E-state index contributed by atoms with van der Waals surface area (Å²) in [6.07, 6.45) is 4.83. The van der Waals surface area contributed by atoms with Crippen LogP contribution in [0.1, 0.15) is 5.56 Å². The van der Waals surface area contributed by atoms with E-state index in [-0.39, 0.29) is 0 Å². The molecule has 1 aromatic carbocycles. The number of hydrogen-bond donors (Lipinski definition) is 4. The van der Waals surface area contributed by atoms with Gasteiger partial charge in [0.25, 0.3) is 5.91 Å². The molecule has 138 valence electrons. The highest BCUT2D eigenvalue weighted by Crippen LogP contribution is 2.18. The van der Waals surface area contributed by atoms with Gasteiger partial charge in [-0.15, -0.1) is 0 Å². The van der Waals surface area contributed by atoms with Crippen LogP contribution in [0, 0.1) is 0 Å². The van der Waals surface area contributed by atoms with Gasteiger partial charge in [0, 0.05) is 36.3 Å². The lowest BCUT2D eigenvalue weighted by Crippen LogP contribution is -2.56. The van der Waals surface area contributed by atoms with Crippen LogP contribution in [0.3, 0.4) is 0 Å². The van der Waals surface area contributed by atoms with Gasteiger partial charge in [-0.2, -0.15) is 0 Å². The largest absolute Gasteiger partial charge is 0.394 e. The molecule has 8 nitrogen and oxygen atoms in total. The first kappa shape index (κ1) is 18.1. The van der Waals surface area contributed by atoms with E-state index in [2.05, 4.69) is 15.7 Å². The van der Waals surface area contributed by atoms with E-state index in [9.17, 15) is 14.7 Å². The van der Waals surface area contributed by atoms with Gasteiger partial charge in [-0.3, -0.25) is 15.0 Å². The van der Waals surface area contributed by atoms with Crippen molar-refractivity contribution in [3.8, 4) is 0 Å². The zero-order chi connectivity index (χ0) is 18.4. The van der Waals surface area contributed by atoms with Crippen LogP contribution in [0.2, 0.25) is 0 Å². The number of para-hydroxylation sites is 1. The van der Waals surface area contributed by atoms with Crippen molar-refractivity contribution in [2.75, 3.05) is 32.9 Å². The topological polar surface area (TPSA) is 107 Å². The highest BCUT2D eigenvalue weighted by atomic mass is 16.5. The molecular formula is C18H22N4O4. The Kier molecular flexibility index (Phi) is 6.00. The van der Waals surface area contributed by atoms with Gasteiger partial charge in [0.1, 0.15) is 6.04 Å². The highest BCUT2D eigenvalue weighted by molar-refractivity contribution is 5.98. The normalized spacial score (nSPS) is 16.7. The van der Waals surface area contributed by atoms with Gasteiger partial charge in [0.15, 0.2) is 0 Å². The molecule has 1 aliphatic heterocycles. The van der Waals surface area contributed by atoms with Crippen LogP contribution in [-0.2, 0) is 14.3 Å². The summed E-state index contributed by atoms with van der Waals surface area (Å²) < 4.78 is 5.21. The van der Waals surface area contributed by atoms with E-state index in [4.69, 9.17) is 4.74 Å². The first-order valence-electron chi connectivity index (χ1n) is 8.46. The number of aliphatic hydroxyl groups is 1. The number of ether oxygens (including phenoxy) is 1. The summed E-state index contributed by atoms with van der Waals surface area (Å²) in [5.74, 6) is -0.908. The van der Waals surface area contributed by atoms with E-state index in [0.29, 0.717) is 26.3 Å². The van der Waals surface area contributed by atoms with Crippen molar-refractivity contribution in [2.24, 2.45) is 0 Å². The minimum absolute atomic E-state index is 0.452. The Bertz CT molecular complexity index is 795. The highest BCUT2D eigenvalue weighted by Gasteiger charge is 2.22. The first-order chi connectivity index (χ1) is 12.7. The van der Waals surface area contributed by atoms with Crippen LogP contribution in [0.15, 0.2) is 36.5 Å². The quantitative estimate of drug-likeness (QED) is 0.545. The number of aliphatic hydroxyl groups excluding tert-OH is 1. The van der Waals surface area contributed by atoms with Gasteiger partial charge in [-0.25, -0.2) is 5.01 Å². The Morgan fingerprint density at radius 1 is 1.31 bits per heavy atom. The molecule has 0 aliphatic carbocycles. The summed E-state index contributed by atoms with van der Waals surface area (Å²) in [6, 6.07) is 6.74. The Morgan fingerprint density at radius 3 is 2.85 bits per heavy atom. The molecule has 0 unspecified atom stereocenters. The number of aromatic amines is 1. The second-order valence-corrected chi connectivity index (χ2v) is 5.94. The Morgan fingerprint density at radius 2 is 2.08 bits per heavy atom. The molecule has 0 spiro atoms. The molecule has 3 rings (SSSR count). The Labute approximate surface area is 150 Å². The lowest BCUT2D eigenvalue weighted by Gasteiger charge is -2.28. The number of hydrazine groups is 1. The van der Waals surface area contributed by atoms with E-state index in [1.54, 1.807) is 11.1 Å². The van der Waals surface area contributed by atoms with E-state index < -0.39 is 24.5 Å². The zero-order valence-corrected chi connectivity index (χ0v) is 14.3. The van der Waals surface area contributed by atoms with Gasteiger partial charge in [0.2, 0.25) is 5.91 Å². The standard InChI is InChI=1S/C18H22N4O4/c23-12-16(18(25)21-22-7-9-26-10-8-22)20-17(24)6-5-13-11-19-15-4-2-1-3-14(13)15/h1-6,11,16,19,23H,7-10,12H2,(H,20,24)(H,21,25)/t16-/m0/s1. The van der Waals surface area contributed by atoms with Crippen LogP contribution in [0.5, 0.6) is 0 Å². The maximum atomic E-state index is 12.2. The van der Waals surface area contributed by atoms with Crippen molar-refractivity contribution >= 4 is 28.8 Å². The summed E-state index contributed by atoms with van der Waals surface area (Å²) >= 11 is 0. The number of hydrogen-bond acceptors (Lipinski definition) is 5. The average Bonchev–Trinajstić information content (AvgIpc) is 3.08. The number of nitrogens with one attached hydrogen (secondary N) is 3. The van der Waals surface area contributed by atoms with Gasteiger partial charge < -0.3 is 20.1 Å². The summed E-state index contributed by atoms with van der Waals surface area (Å²) in [4.78, 5) is 27.4. The van der Waals surface area contributed by atoms with Crippen LogP contribution < -0.4 is 10.7 Å². The molecule has 8 heteroatoms. The number of carbonyl (C=O) groups is 2. The van der Waals surface area contributed by atoms with Crippen molar-refractivity contribution in [1.29, 1.82) is 0 Å². The third kappa shape index (κ3) is 4.48. The van der Waals surface area contributed by atoms with Crippen molar-refractivity contribution in [2.45, 2.75) is 6.04 Å². The van der Waals surface area contributed by atoms with E-state index in [0.717, 1.165) is 16.5 Å². The van der Waals surface area contributed by atoms with Crippen molar-refractivity contribution in [3.63, 3.8) is 0 Å². The lowest BCUT2D eigenvalue weighted by atomic mass is 10.1. The molecule has 1 aromatic heterocycles. The number of H-pyrrole nitrogens is 1. The summed E-state index contributed by atoms with van der Waals surface area (Å²) in [5.41, 5.74) is 4.53. The summed E-state index contributed by atoms with van der Waals surface area (Å²) in [7, 11) is 0. The molecule has 4 N–H and O–H groups in total. The fraction of sp³-hybridized carbons (Fsp3) is 0.333. The fourth-order valence-corrected chi connectivity index (χ4v) is 2.72. The smallest absolute Gasteiger partial charge is 0.259 e. The number of amides is 2. The second kappa shape index (κ2) is 8.61. The predicted molar refractivity (Wildman–Crippen MR) is 96.9 cm³/mol. The van der Waals surface area contributed by atoms with E-state index >= 15 is 0 Å². The molecular weight excluding hydrogens is 336 g/mol. The van der Waals surface area contributed by atoms with Crippen molar-refractivity contribution in [1.82, 2.24) is 20.7 Å².